The Bertz CT molecular complexity index is 1030. The molecular formula is C22H26N6O2. The molecule has 0 N–H and O–H groups in total. The van der Waals surface area contributed by atoms with E-state index in [1.807, 2.05) is 35.2 Å². The van der Waals surface area contributed by atoms with Crippen molar-refractivity contribution in [3.63, 3.8) is 0 Å². The zero-order valence-corrected chi connectivity index (χ0v) is 17.0. The van der Waals surface area contributed by atoms with Crippen LogP contribution in [0.3, 0.4) is 0 Å². The number of hydrogen-bond acceptors (Lipinski definition) is 6. The third kappa shape index (κ3) is 3.94. The average molecular weight is 406 g/mol. The fourth-order valence-corrected chi connectivity index (χ4v) is 4.29. The number of piperidine rings is 1. The highest BCUT2D eigenvalue weighted by Gasteiger charge is 2.28. The second kappa shape index (κ2) is 8.30. The minimum atomic E-state index is -0.0487. The molecule has 0 bridgehead atoms. The summed E-state index contributed by atoms with van der Waals surface area (Å²) < 4.78 is 7.86. The fourth-order valence-electron chi connectivity index (χ4n) is 4.29. The summed E-state index contributed by atoms with van der Waals surface area (Å²) in [5.74, 6) is 1.57. The number of ether oxygens (including phenoxy) is 1. The number of nitrogens with zero attached hydrogens (tertiary/aromatic N) is 6. The van der Waals surface area contributed by atoms with E-state index in [0.717, 1.165) is 36.2 Å². The Balaban J connectivity index is 1.19. The van der Waals surface area contributed by atoms with Gasteiger partial charge in [-0.25, -0.2) is 9.97 Å². The van der Waals surface area contributed by atoms with Crippen LogP contribution in [-0.2, 0) is 11.3 Å². The van der Waals surface area contributed by atoms with Crippen molar-refractivity contribution >= 4 is 22.6 Å². The number of likely N-dealkylation sites (tertiary alicyclic amines) is 1. The first kappa shape index (κ1) is 18.8. The van der Waals surface area contributed by atoms with Crippen molar-refractivity contribution in [3.8, 4) is 5.88 Å². The first-order valence-corrected chi connectivity index (χ1v) is 10.7. The lowest BCUT2D eigenvalue weighted by atomic mass is 10.1. The maximum absolute atomic E-state index is 12.8. The molecule has 2 aliphatic heterocycles. The van der Waals surface area contributed by atoms with E-state index < -0.39 is 0 Å². The topological polar surface area (TPSA) is 76.4 Å². The SMILES string of the molecule is O=C(Cn1ncc2ccccc21)N1CCC(Oc2cc(N3CCCCC3)ncn2)C1. The van der Waals surface area contributed by atoms with Gasteiger partial charge in [-0.3, -0.25) is 9.48 Å². The van der Waals surface area contributed by atoms with Crippen molar-refractivity contribution < 1.29 is 9.53 Å². The summed E-state index contributed by atoms with van der Waals surface area (Å²) in [5, 5.41) is 5.41. The summed E-state index contributed by atoms with van der Waals surface area (Å²) in [6.07, 6.45) is 7.80. The smallest absolute Gasteiger partial charge is 0.244 e. The zero-order chi connectivity index (χ0) is 20.3. The van der Waals surface area contributed by atoms with Crippen molar-refractivity contribution in [2.45, 2.75) is 38.3 Å². The van der Waals surface area contributed by atoms with Crippen molar-refractivity contribution in [2.75, 3.05) is 31.1 Å². The van der Waals surface area contributed by atoms with E-state index in [9.17, 15) is 4.79 Å². The van der Waals surface area contributed by atoms with Gasteiger partial charge in [0, 0.05) is 37.5 Å². The molecule has 3 aromatic rings. The largest absolute Gasteiger partial charge is 0.472 e. The molecule has 0 aliphatic carbocycles. The molecule has 1 aromatic carbocycles. The molecule has 1 unspecified atom stereocenters. The molecule has 156 valence electrons. The van der Waals surface area contributed by atoms with Gasteiger partial charge in [0.1, 0.15) is 24.8 Å². The number of carbonyl (C=O) groups excluding carboxylic acids is 1. The molecule has 5 rings (SSSR count). The molecule has 0 radical (unpaired) electrons. The summed E-state index contributed by atoms with van der Waals surface area (Å²) in [6.45, 7) is 3.56. The summed E-state index contributed by atoms with van der Waals surface area (Å²) in [6, 6.07) is 9.85. The van der Waals surface area contributed by atoms with E-state index in [-0.39, 0.29) is 18.6 Å². The van der Waals surface area contributed by atoms with E-state index in [2.05, 4.69) is 20.0 Å². The van der Waals surface area contributed by atoms with Crippen molar-refractivity contribution in [1.82, 2.24) is 24.6 Å². The molecule has 8 nitrogen and oxygen atoms in total. The molecule has 2 aromatic heterocycles. The van der Waals surface area contributed by atoms with Gasteiger partial charge in [0.25, 0.3) is 0 Å². The van der Waals surface area contributed by atoms with Gasteiger partial charge in [-0.05, 0) is 25.3 Å². The molecule has 2 aliphatic rings. The number of hydrogen-bond donors (Lipinski definition) is 0. The second-order valence-corrected chi connectivity index (χ2v) is 7.99. The van der Waals surface area contributed by atoms with Gasteiger partial charge in [0.2, 0.25) is 11.8 Å². The van der Waals surface area contributed by atoms with E-state index in [4.69, 9.17) is 4.74 Å². The maximum Gasteiger partial charge on any atom is 0.244 e. The van der Waals surface area contributed by atoms with Gasteiger partial charge < -0.3 is 14.5 Å². The van der Waals surface area contributed by atoms with Crippen LogP contribution in [0.5, 0.6) is 5.88 Å². The van der Waals surface area contributed by atoms with Gasteiger partial charge in [0.05, 0.1) is 18.3 Å². The number of aromatic nitrogens is 4. The highest BCUT2D eigenvalue weighted by atomic mass is 16.5. The number of amides is 1. The second-order valence-electron chi connectivity index (χ2n) is 7.99. The molecule has 1 amide bonds. The summed E-state index contributed by atoms with van der Waals surface area (Å²) in [5.41, 5.74) is 0.976. The standard InChI is InChI=1S/C22H26N6O2/c29-22(15-28-19-7-3-2-6-17(19)13-25-28)27-11-8-18(14-27)30-21-12-20(23-16-24-21)26-9-4-1-5-10-26/h2-3,6-7,12-13,16,18H,1,4-5,8-11,14-15H2. The lowest BCUT2D eigenvalue weighted by Gasteiger charge is -2.27. The van der Waals surface area contributed by atoms with E-state index >= 15 is 0 Å². The molecule has 30 heavy (non-hydrogen) atoms. The molecule has 0 spiro atoms. The summed E-state index contributed by atoms with van der Waals surface area (Å²) in [4.78, 5) is 25.6. The minimum absolute atomic E-state index is 0.0487. The number of para-hydroxylation sites is 1. The van der Waals surface area contributed by atoms with E-state index in [1.165, 1.54) is 19.3 Å². The average Bonchev–Trinajstić information content (AvgIpc) is 3.42. The number of benzene rings is 1. The van der Waals surface area contributed by atoms with Crippen LogP contribution >= 0.6 is 0 Å². The third-order valence-corrected chi connectivity index (χ3v) is 5.93. The van der Waals surface area contributed by atoms with Crippen LogP contribution in [0.15, 0.2) is 42.9 Å². The predicted molar refractivity (Wildman–Crippen MR) is 113 cm³/mol. The quantitative estimate of drug-likeness (QED) is 0.648. The zero-order valence-electron chi connectivity index (χ0n) is 17.0. The molecule has 8 heteroatoms. The van der Waals surface area contributed by atoms with Crippen LogP contribution in [0, 0.1) is 0 Å². The van der Waals surface area contributed by atoms with Gasteiger partial charge in [-0.1, -0.05) is 18.2 Å². The Hall–Kier alpha value is -3.16. The lowest BCUT2D eigenvalue weighted by molar-refractivity contribution is -0.131. The van der Waals surface area contributed by atoms with Gasteiger partial charge in [0.15, 0.2) is 0 Å². The Morgan fingerprint density at radius 2 is 1.97 bits per heavy atom. The Morgan fingerprint density at radius 3 is 2.87 bits per heavy atom. The Labute approximate surface area is 175 Å². The number of anilines is 1. The lowest BCUT2D eigenvalue weighted by Crippen LogP contribution is -2.34. The van der Waals surface area contributed by atoms with Gasteiger partial charge in [-0.2, -0.15) is 5.10 Å². The number of rotatable bonds is 5. The first-order valence-electron chi connectivity index (χ1n) is 10.7. The van der Waals surface area contributed by atoms with E-state index in [1.54, 1.807) is 17.2 Å². The van der Waals surface area contributed by atoms with E-state index in [0.29, 0.717) is 19.0 Å². The highest BCUT2D eigenvalue weighted by molar-refractivity contribution is 5.82. The Morgan fingerprint density at radius 1 is 1.10 bits per heavy atom. The third-order valence-electron chi connectivity index (χ3n) is 5.93. The summed E-state index contributed by atoms with van der Waals surface area (Å²) in [7, 11) is 0. The van der Waals surface area contributed by atoms with Gasteiger partial charge >= 0.3 is 0 Å². The molecule has 0 saturated carbocycles. The normalized spacial score (nSPS) is 19.4. The van der Waals surface area contributed by atoms with Crippen molar-refractivity contribution in [3.05, 3.63) is 42.9 Å². The molecule has 1 atom stereocenters. The van der Waals surface area contributed by atoms with Crippen LogP contribution < -0.4 is 9.64 Å². The maximum atomic E-state index is 12.8. The van der Waals surface area contributed by atoms with Crippen LogP contribution in [0.25, 0.3) is 10.9 Å². The van der Waals surface area contributed by atoms with Crippen LogP contribution in [0.1, 0.15) is 25.7 Å². The molecule has 2 saturated heterocycles. The van der Waals surface area contributed by atoms with Crippen molar-refractivity contribution in [1.29, 1.82) is 0 Å². The van der Waals surface area contributed by atoms with Crippen LogP contribution in [-0.4, -0.2) is 62.8 Å². The molecule has 4 heterocycles. The highest BCUT2D eigenvalue weighted by Crippen LogP contribution is 2.23. The molecule has 2 fully saturated rings. The fraction of sp³-hybridized carbons (Fsp3) is 0.455. The van der Waals surface area contributed by atoms with Crippen molar-refractivity contribution in [2.24, 2.45) is 0 Å². The predicted octanol–water partition coefficient (Wildman–Crippen LogP) is 2.50. The van der Waals surface area contributed by atoms with Crippen LogP contribution in [0.4, 0.5) is 5.82 Å². The number of fused-ring (bicyclic) bond motifs is 1. The minimum Gasteiger partial charge on any atom is -0.472 e. The van der Waals surface area contributed by atoms with Crippen LogP contribution in [0.2, 0.25) is 0 Å². The first-order chi connectivity index (χ1) is 14.8. The number of carbonyl (C=O) groups is 1. The molecular weight excluding hydrogens is 380 g/mol. The Kier molecular flexibility index (Phi) is 5.21. The summed E-state index contributed by atoms with van der Waals surface area (Å²) >= 11 is 0. The van der Waals surface area contributed by atoms with Gasteiger partial charge in [-0.15, -0.1) is 0 Å². The monoisotopic (exact) mass is 406 g/mol.